The number of fused-ring (bicyclic) bond motifs is 1. The van der Waals surface area contributed by atoms with Gasteiger partial charge in [-0.1, -0.05) is 0 Å². The maximum absolute atomic E-state index is 5.55. The molecule has 0 amide bonds. The molecule has 0 aromatic carbocycles. The highest BCUT2D eigenvalue weighted by Crippen LogP contribution is 2.26. The van der Waals surface area contributed by atoms with Crippen LogP contribution in [0, 0.1) is 0 Å². The number of nitrogens with two attached hydrogens (primary N) is 1. The molecule has 3 aromatic heterocycles. The molecule has 0 aliphatic carbocycles. The van der Waals surface area contributed by atoms with Crippen LogP contribution in [0.2, 0.25) is 0 Å². The number of imidazole rings is 1. The third kappa shape index (κ3) is 2.23. The third-order valence-corrected chi connectivity index (χ3v) is 3.66. The van der Waals surface area contributed by atoms with Crippen LogP contribution < -0.4 is 10.6 Å². The molecule has 1 saturated heterocycles. The zero-order chi connectivity index (χ0) is 14.9. The Labute approximate surface area is 126 Å². The van der Waals surface area contributed by atoms with Crippen molar-refractivity contribution in [2.45, 2.75) is 0 Å². The molecule has 0 atom stereocenters. The van der Waals surface area contributed by atoms with E-state index in [-0.39, 0.29) is 5.95 Å². The largest absolute Gasteiger partial charge is 0.378 e. The molecule has 1 aliphatic heterocycles. The zero-order valence-corrected chi connectivity index (χ0v) is 11.9. The highest BCUT2D eigenvalue weighted by molar-refractivity contribution is 5.74. The maximum atomic E-state index is 5.55. The number of nitrogen functional groups attached to an aromatic ring is 1. The van der Waals surface area contributed by atoms with Crippen LogP contribution in [-0.2, 0) is 4.74 Å². The molecule has 112 valence electrons. The summed E-state index contributed by atoms with van der Waals surface area (Å²) in [4.78, 5) is 14.7. The van der Waals surface area contributed by atoms with E-state index in [0.717, 1.165) is 48.9 Å². The lowest BCUT2D eigenvalue weighted by Gasteiger charge is -2.29. The van der Waals surface area contributed by atoms with Gasteiger partial charge < -0.3 is 15.4 Å². The first-order valence-electron chi connectivity index (χ1n) is 7.06. The Balaban J connectivity index is 1.84. The summed E-state index contributed by atoms with van der Waals surface area (Å²) in [6.07, 6.45) is 6.93. The van der Waals surface area contributed by atoms with Gasteiger partial charge >= 0.3 is 0 Å². The monoisotopic (exact) mass is 297 g/mol. The molecule has 1 fully saturated rings. The Morgan fingerprint density at radius 2 is 1.86 bits per heavy atom. The minimum atomic E-state index is 0.251. The van der Waals surface area contributed by atoms with E-state index in [4.69, 9.17) is 10.5 Å². The summed E-state index contributed by atoms with van der Waals surface area (Å²) >= 11 is 0. The minimum absolute atomic E-state index is 0.251. The molecule has 22 heavy (non-hydrogen) atoms. The summed E-state index contributed by atoms with van der Waals surface area (Å²) in [5.74, 6) is 0.251. The number of aromatic nitrogens is 5. The summed E-state index contributed by atoms with van der Waals surface area (Å²) in [7, 11) is 0. The molecule has 8 heteroatoms. The Bertz CT molecular complexity index is 793. The molecular weight excluding hydrogens is 282 g/mol. The van der Waals surface area contributed by atoms with Crippen molar-refractivity contribution in [3.8, 4) is 11.3 Å². The van der Waals surface area contributed by atoms with Gasteiger partial charge in [0.1, 0.15) is 0 Å². The smallest absolute Gasteiger partial charge is 0.219 e. The van der Waals surface area contributed by atoms with E-state index in [1.165, 1.54) is 0 Å². The predicted molar refractivity (Wildman–Crippen MR) is 81.5 cm³/mol. The number of anilines is 2. The van der Waals surface area contributed by atoms with Gasteiger partial charge in [-0.25, -0.2) is 19.5 Å². The normalized spacial score (nSPS) is 15.4. The molecular formula is C14H15N7O. The summed E-state index contributed by atoms with van der Waals surface area (Å²) in [6.45, 7) is 3.11. The van der Waals surface area contributed by atoms with Gasteiger partial charge in [-0.15, -0.1) is 0 Å². The van der Waals surface area contributed by atoms with E-state index in [0.29, 0.717) is 0 Å². The Morgan fingerprint density at radius 3 is 2.64 bits per heavy atom. The second kappa shape index (κ2) is 5.23. The van der Waals surface area contributed by atoms with Gasteiger partial charge in [0.05, 0.1) is 24.6 Å². The standard InChI is InChI=1S/C14H15N7O/c15-14-17-8-10(9-18-14)11-7-12(20-3-5-22-6-4-20)13-16-1-2-21(13)19-11/h1-2,7-9H,3-6H2,(H2,15,17,18). The van der Waals surface area contributed by atoms with E-state index in [2.05, 4.69) is 25.0 Å². The second-order valence-electron chi connectivity index (χ2n) is 5.04. The molecule has 4 heterocycles. The molecule has 3 aromatic rings. The lowest BCUT2D eigenvalue weighted by molar-refractivity contribution is 0.123. The first-order chi connectivity index (χ1) is 10.8. The SMILES string of the molecule is Nc1ncc(-c2cc(N3CCOCC3)c3nccn3n2)cn1. The van der Waals surface area contributed by atoms with Crippen LogP contribution in [0.1, 0.15) is 0 Å². The van der Waals surface area contributed by atoms with Crippen LogP contribution >= 0.6 is 0 Å². The van der Waals surface area contributed by atoms with Gasteiger partial charge in [0, 0.05) is 43.4 Å². The minimum Gasteiger partial charge on any atom is -0.378 e. The number of ether oxygens (including phenoxy) is 1. The topological polar surface area (TPSA) is 94.5 Å². The number of hydrogen-bond acceptors (Lipinski definition) is 7. The van der Waals surface area contributed by atoms with E-state index in [9.17, 15) is 0 Å². The summed E-state index contributed by atoms with van der Waals surface area (Å²) in [5.41, 5.74) is 9.02. The molecule has 2 N–H and O–H groups in total. The quantitative estimate of drug-likeness (QED) is 0.740. The Hall–Kier alpha value is -2.74. The number of rotatable bonds is 2. The van der Waals surface area contributed by atoms with Crippen molar-refractivity contribution in [1.29, 1.82) is 0 Å². The summed E-state index contributed by atoms with van der Waals surface area (Å²) < 4.78 is 7.20. The average molecular weight is 297 g/mol. The number of hydrogen-bond donors (Lipinski definition) is 1. The lowest BCUT2D eigenvalue weighted by Crippen LogP contribution is -2.36. The van der Waals surface area contributed by atoms with Crippen LogP contribution in [0.15, 0.2) is 30.9 Å². The molecule has 4 rings (SSSR count). The van der Waals surface area contributed by atoms with Crippen molar-refractivity contribution in [1.82, 2.24) is 24.6 Å². The molecule has 0 spiro atoms. The van der Waals surface area contributed by atoms with Gasteiger partial charge in [0.2, 0.25) is 5.95 Å². The van der Waals surface area contributed by atoms with E-state index >= 15 is 0 Å². The lowest BCUT2D eigenvalue weighted by atomic mass is 10.2. The predicted octanol–water partition coefficient (Wildman–Crippen LogP) is 0.605. The molecule has 8 nitrogen and oxygen atoms in total. The van der Waals surface area contributed by atoms with Crippen molar-refractivity contribution in [3.63, 3.8) is 0 Å². The van der Waals surface area contributed by atoms with Gasteiger partial charge in [-0.2, -0.15) is 5.10 Å². The summed E-state index contributed by atoms with van der Waals surface area (Å²) in [6, 6.07) is 2.02. The summed E-state index contributed by atoms with van der Waals surface area (Å²) in [5, 5.41) is 4.57. The Morgan fingerprint density at radius 1 is 1.09 bits per heavy atom. The molecule has 1 aliphatic rings. The average Bonchev–Trinajstić information content (AvgIpc) is 3.04. The van der Waals surface area contributed by atoms with Crippen LogP contribution in [0.25, 0.3) is 16.9 Å². The van der Waals surface area contributed by atoms with Gasteiger partial charge in [-0.3, -0.25) is 0 Å². The highest BCUT2D eigenvalue weighted by Gasteiger charge is 2.17. The van der Waals surface area contributed by atoms with E-state index < -0.39 is 0 Å². The molecule has 0 bridgehead atoms. The van der Waals surface area contributed by atoms with Crippen molar-refractivity contribution in [2.24, 2.45) is 0 Å². The zero-order valence-electron chi connectivity index (χ0n) is 11.9. The first kappa shape index (κ1) is 13.0. The van der Waals surface area contributed by atoms with Gasteiger partial charge in [-0.05, 0) is 6.07 Å². The third-order valence-electron chi connectivity index (χ3n) is 3.66. The Kier molecular flexibility index (Phi) is 3.08. The van der Waals surface area contributed by atoms with E-state index in [1.807, 2.05) is 12.3 Å². The highest BCUT2D eigenvalue weighted by atomic mass is 16.5. The molecule has 0 saturated carbocycles. The van der Waals surface area contributed by atoms with Gasteiger partial charge in [0.15, 0.2) is 5.65 Å². The number of nitrogens with zero attached hydrogens (tertiary/aromatic N) is 6. The van der Waals surface area contributed by atoms with Gasteiger partial charge in [0.25, 0.3) is 0 Å². The fourth-order valence-corrected chi connectivity index (χ4v) is 2.55. The van der Waals surface area contributed by atoms with Crippen molar-refractivity contribution < 1.29 is 4.74 Å². The van der Waals surface area contributed by atoms with Crippen molar-refractivity contribution in [3.05, 3.63) is 30.9 Å². The van der Waals surface area contributed by atoms with Crippen LogP contribution in [0.5, 0.6) is 0 Å². The van der Waals surface area contributed by atoms with Crippen LogP contribution in [0.4, 0.5) is 11.6 Å². The molecule has 0 unspecified atom stereocenters. The maximum Gasteiger partial charge on any atom is 0.219 e. The van der Waals surface area contributed by atoms with Crippen molar-refractivity contribution in [2.75, 3.05) is 36.9 Å². The fraction of sp³-hybridized carbons (Fsp3) is 0.286. The van der Waals surface area contributed by atoms with Crippen LogP contribution in [0.3, 0.4) is 0 Å². The van der Waals surface area contributed by atoms with Crippen LogP contribution in [-0.4, -0.2) is 50.9 Å². The molecule has 0 radical (unpaired) electrons. The fourth-order valence-electron chi connectivity index (χ4n) is 2.55. The first-order valence-corrected chi connectivity index (χ1v) is 7.06. The van der Waals surface area contributed by atoms with E-state index in [1.54, 1.807) is 23.1 Å². The van der Waals surface area contributed by atoms with Crippen molar-refractivity contribution >= 4 is 17.3 Å². The second-order valence-corrected chi connectivity index (χ2v) is 5.04. The number of morpholine rings is 1.